The van der Waals surface area contributed by atoms with Crippen molar-refractivity contribution in [1.29, 1.82) is 5.26 Å². The summed E-state index contributed by atoms with van der Waals surface area (Å²) in [6.45, 7) is 6.17. The van der Waals surface area contributed by atoms with Crippen molar-refractivity contribution in [2.24, 2.45) is 0 Å². The van der Waals surface area contributed by atoms with Crippen molar-refractivity contribution in [3.8, 4) is 23.3 Å². The van der Waals surface area contributed by atoms with E-state index in [-0.39, 0.29) is 18.0 Å². The molecule has 0 aliphatic heterocycles. The van der Waals surface area contributed by atoms with Crippen LogP contribution in [-0.2, 0) is 17.8 Å². The lowest BCUT2D eigenvalue weighted by atomic mass is 10.0. The summed E-state index contributed by atoms with van der Waals surface area (Å²) in [6.07, 6.45) is 3.67. The monoisotopic (exact) mass is 486 g/mol. The molecule has 0 aromatic heterocycles. The zero-order valence-electron chi connectivity index (χ0n) is 20.2. The van der Waals surface area contributed by atoms with Crippen LogP contribution in [0.5, 0.6) is 17.2 Å². The molecule has 0 saturated heterocycles. The number of nitrogens with one attached hydrogen (secondary N) is 1. The van der Waals surface area contributed by atoms with Crippen molar-refractivity contribution in [2.45, 2.75) is 20.0 Å². The SMILES string of the molecule is C=CCc1cc(/C=C(\C#N)C(=O)Nc2ccc(OC)cc2)cc(OCC)c1OCc1cccc(F)c1. The molecular formula is C29H27FN2O4. The maximum atomic E-state index is 13.6. The first kappa shape index (κ1) is 26.0. The Morgan fingerprint density at radius 2 is 1.92 bits per heavy atom. The van der Waals surface area contributed by atoms with Crippen LogP contribution in [0.25, 0.3) is 6.08 Å². The average molecular weight is 487 g/mol. The lowest BCUT2D eigenvalue weighted by Crippen LogP contribution is -2.13. The van der Waals surface area contributed by atoms with Gasteiger partial charge in [0, 0.05) is 11.3 Å². The Morgan fingerprint density at radius 1 is 1.14 bits per heavy atom. The van der Waals surface area contributed by atoms with E-state index in [1.165, 1.54) is 18.2 Å². The number of benzene rings is 3. The summed E-state index contributed by atoms with van der Waals surface area (Å²) in [5.74, 6) is 0.718. The first-order valence-electron chi connectivity index (χ1n) is 11.3. The van der Waals surface area contributed by atoms with E-state index in [2.05, 4.69) is 11.9 Å². The van der Waals surface area contributed by atoms with Gasteiger partial charge in [-0.15, -0.1) is 6.58 Å². The Labute approximate surface area is 210 Å². The third-order valence-corrected chi connectivity index (χ3v) is 5.11. The highest BCUT2D eigenvalue weighted by Crippen LogP contribution is 2.35. The van der Waals surface area contributed by atoms with Crippen molar-refractivity contribution in [3.63, 3.8) is 0 Å². The molecule has 0 spiro atoms. The maximum Gasteiger partial charge on any atom is 0.266 e. The van der Waals surface area contributed by atoms with E-state index in [1.54, 1.807) is 55.7 Å². The number of halogens is 1. The van der Waals surface area contributed by atoms with Gasteiger partial charge in [-0.3, -0.25) is 4.79 Å². The fourth-order valence-electron chi connectivity index (χ4n) is 3.47. The molecule has 0 fully saturated rings. The predicted octanol–water partition coefficient (Wildman–Crippen LogP) is 6.09. The molecular weight excluding hydrogens is 459 g/mol. The molecule has 7 heteroatoms. The topological polar surface area (TPSA) is 80.6 Å². The third kappa shape index (κ3) is 6.97. The van der Waals surface area contributed by atoms with Gasteiger partial charge in [0.05, 0.1) is 13.7 Å². The summed E-state index contributed by atoms with van der Waals surface area (Å²) in [5.41, 5.74) is 2.48. The Morgan fingerprint density at radius 3 is 2.56 bits per heavy atom. The van der Waals surface area contributed by atoms with Gasteiger partial charge in [-0.05, 0) is 79.1 Å². The molecule has 3 aromatic rings. The summed E-state index contributed by atoms with van der Waals surface area (Å²) in [4.78, 5) is 12.7. The molecule has 6 nitrogen and oxygen atoms in total. The average Bonchev–Trinajstić information content (AvgIpc) is 2.87. The van der Waals surface area contributed by atoms with E-state index < -0.39 is 5.91 Å². The fourth-order valence-corrected chi connectivity index (χ4v) is 3.47. The number of ether oxygens (including phenoxy) is 3. The second-order valence-corrected chi connectivity index (χ2v) is 7.70. The molecule has 1 N–H and O–H groups in total. The van der Waals surface area contributed by atoms with Crippen LogP contribution in [0.15, 0.2) is 78.9 Å². The highest BCUT2D eigenvalue weighted by molar-refractivity contribution is 6.09. The van der Waals surface area contributed by atoms with Gasteiger partial charge in [-0.25, -0.2) is 4.39 Å². The van der Waals surface area contributed by atoms with Crippen LogP contribution in [0.1, 0.15) is 23.6 Å². The number of nitrogens with zero attached hydrogens (tertiary/aromatic N) is 1. The number of amides is 1. The second-order valence-electron chi connectivity index (χ2n) is 7.70. The molecule has 0 radical (unpaired) electrons. The molecule has 0 bridgehead atoms. The number of anilines is 1. The van der Waals surface area contributed by atoms with Gasteiger partial charge in [0.25, 0.3) is 5.91 Å². The van der Waals surface area contributed by atoms with E-state index in [0.29, 0.717) is 47.1 Å². The Kier molecular flexibility index (Phi) is 9.24. The van der Waals surface area contributed by atoms with Crippen LogP contribution in [0.3, 0.4) is 0 Å². The summed E-state index contributed by atoms with van der Waals surface area (Å²) in [6, 6.07) is 18.4. The van der Waals surface area contributed by atoms with Gasteiger partial charge in [0.2, 0.25) is 0 Å². The van der Waals surface area contributed by atoms with Gasteiger partial charge in [0.1, 0.15) is 29.8 Å². The molecule has 36 heavy (non-hydrogen) atoms. The quantitative estimate of drug-likeness (QED) is 0.202. The van der Waals surface area contributed by atoms with Crippen LogP contribution < -0.4 is 19.5 Å². The van der Waals surface area contributed by atoms with Gasteiger partial charge in [0.15, 0.2) is 11.5 Å². The van der Waals surface area contributed by atoms with E-state index >= 15 is 0 Å². The first-order valence-corrected chi connectivity index (χ1v) is 11.3. The number of nitriles is 1. The minimum atomic E-state index is -0.544. The lowest BCUT2D eigenvalue weighted by Gasteiger charge is -2.17. The van der Waals surface area contributed by atoms with E-state index in [4.69, 9.17) is 14.2 Å². The van der Waals surface area contributed by atoms with Crippen molar-refractivity contribution in [2.75, 3.05) is 19.0 Å². The standard InChI is InChI=1S/C29H27FN2O4/c1-4-7-22-14-21(15-23(18-31)29(33)32-25-10-12-26(34-3)13-11-25)17-27(35-5-2)28(22)36-19-20-8-6-9-24(30)16-20/h4,6,8-17H,1,5,7,19H2,2-3H3,(H,32,33)/b23-15+. The van der Waals surface area contributed by atoms with Crippen LogP contribution >= 0.6 is 0 Å². The van der Waals surface area contributed by atoms with Crippen molar-refractivity contribution >= 4 is 17.7 Å². The number of carbonyl (C=O) groups excluding carboxylic acids is 1. The minimum Gasteiger partial charge on any atom is -0.497 e. The summed E-state index contributed by atoms with van der Waals surface area (Å²) >= 11 is 0. The molecule has 184 valence electrons. The molecule has 0 aliphatic carbocycles. The lowest BCUT2D eigenvalue weighted by molar-refractivity contribution is -0.112. The van der Waals surface area contributed by atoms with Gasteiger partial charge in [-0.2, -0.15) is 5.26 Å². The van der Waals surface area contributed by atoms with Gasteiger partial charge < -0.3 is 19.5 Å². The van der Waals surface area contributed by atoms with Crippen molar-refractivity contribution in [3.05, 3.63) is 101 Å². The Hall–Kier alpha value is -4.57. The van der Waals surface area contributed by atoms with Crippen molar-refractivity contribution < 1.29 is 23.4 Å². The Bertz CT molecular complexity index is 1290. The number of methoxy groups -OCH3 is 1. The molecule has 0 atom stereocenters. The molecule has 0 aliphatic rings. The number of rotatable bonds is 11. The second kappa shape index (κ2) is 12.8. The molecule has 0 saturated carbocycles. The molecule has 1 amide bonds. The minimum absolute atomic E-state index is 0.0775. The van der Waals surface area contributed by atoms with Crippen LogP contribution in [0, 0.1) is 17.1 Å². The molecule has 3 rings (SSSR count). The van der Waals surface area contributed by atoms with Crippen LogP contribution in [0.4, 0.5) is 10.1 Å². The molecule has 3 aromatic carbocycles. The predicted molar refractivity (Wildman–Crippen MR) is 137 cm³/mol. The fraction of sp³-hybridized carbons (Fsp3) is 0.172. The largest absolute Gasteiger partial charge is 0.497 e. The zero-order chi connectivity index (χ0) is 25.9. The first-order chi connectivity index (χ1) is 17.5. The van der Waals surface area contributed by atoms with Crippen LogP contribution in [0.2, 0.25) is 0 Å². The number of hydrogen-bond donors (Lipinski definition) is 1. The number of allylic oxidation sites excluding steroid dienone is 1. The van der Waals surface area contributed by atoms with Crippen LogP contribution in [-0.4, -0.2) is 19.6 Å². The zero-order valence-corrected chi connectivity index (χ0v) is 20.2. The normalized spacial score (nSPS) is 10.8. The number of carbonyl (C=O) groups is 1. The Balaban J connectivity index is 1.90. The van der Waals surface area contributed by atoms with Crippen molar-refractivity contribution in [1.82, 2.24) is 0 Å². The highest BCUT2D eigenvalue weighted by Gasteiger charge is 2.16. The molecule has 0 heterocycles. The van der Waals surface area contributed by atoms with Gasteiger partial charge in [-0.1, -0.05) is 18.2 Å². The summed E-state index contributed by atoms with van der Waals surface area (Å²) < 4.78 is 30.5. The third-order valence-electron chi connectivity index (χ3n) is 5.11. The van der Waals surface area contributed by atoms with E-state index in [0.717, 1.165) is 5.56 Å². The highest BCUT2D eigenvalue weighted by atomic mass is 19.1. The van der Waals surface area contributed by atoms with E-state index in [9.17, 15) is 14.4 Å². The maximum absolute atomic E-state index is 13.6. The number of hydrogen-bond acceptors (Lipinski definition) is 5. The summed E-state index contributed by atoms with van der Waals surface area (Å²) in [5, 5.41) is 12.4. The molecule has 0 unspecified atom stereocenters. The van der Waals surface area contributed by atoms with E-state index in [1.807, 2.05) is 19.1 Å². The summed E-state index contributed by atoms with van der Waals surface area (Å²) in [7, 11) is 1.55. The van der Waals surface area contributed by atoms with Gasteiger partial charge >= 0.3 is 0 Å². The smallest absolute Gasteiger partial charge is 0.266 e.